The summed E-state index contributed by atoms with van der Waals surface area (Å²) < 4.78 is 1.50. The molecule has 1 aromatic rings. The third kappa shape index (κ3) is 4.57. The van der Waals surface area contributed by atoms with Gasteiger partial charge < -0.3 is 10.4 Å². The van der Waals surface area contributed by atoms with Crippen LogP contribution in [0.5, 0.6) is 0 Å². The Morgan fingerprint density at radius 1 is 1.45 bits per heavy atom. The molecule has 7 nitrogen and oxygen atoms in total. The molecule has 0 saturated carbocycles. The predicted molar refractivity (Wildman–Crippen MR) is 76.7 cm³/mol. The number of hydrogen-bond acceptors (Lipinski definition) is 5. The molecule has 0 fully saturated rings. The molecule has 0 aliphatic heterocycles. The normalized spacial score (nSPS) is 13.5. The molecule has 0 aliphatic rings. The summed E-state index contributed by atoms with van der Waals surface area (Å²) in [7, 11) is 0. The summed E-state index contributed by atoms with van der Waals surface area (Å²) in [6.45, 7) is 11.0. The number of nitro groups is 1. The van der Waals surface area contributed by atoms with Crippen molar-refractivity contribution in [3.8, 4) is 0 Å². The molecular weight excluding hydrogens is 260 g/mol. The first-order chi connectivity index (χ1) is 9.11. The summed E-state index contributed by atoms with van der Waals surface area (Å²) in [5.74, 6) is 0. The van der Waals surface area contributed by atoms with Crippen LogP contribution in [0.3, 0.4) is 0 Å². The van der Waals surface area contributed by atoms with E-state index < -0.39 is 11.0 Å². The lowest BCUT2D eigenvalue weighted by Crippen LogP contribution is -2.35. The SMILES string of the molecule is Cc1nn(CC(O)CNCC(C)(C)C)c(C)c1[N+](=O)[O-]. The van der Waals surface area contributed by atoms with Crippen LogP contribution in [0.15, 0.2) is 0 Å². The maximum absolute atomic E-state index is 10.9. The Kier molecular flexibility index (Phi) is 5.24. The topological polar surface area (TPSA) is 93.2 Å². The molecule has 0 aromatic carbocycles. The molecule has 0 radical (unpaired) electrons. The Labute approximate surface area is 119 Å². The molecule has 1 atom stereocenters. The fraction of sp³-hybridized carbons (Fsp3) is 0.769. The first kappa shape index (κ1) is 16.6. The Morgan fingerprint density at radius 2 is 2.05 bits per heavy atom. The first-order valence-electron chi connectivity index (χ1n) is 6.69. The number of nitrogens with one attached hydrogen (secondary N) is 1. The third-order valence-electron chi connectivity index (χ3n) is 2.94. The van der Waals surface area contributed by atoms with Gasteiger partial charge in [-0.05, 0) is 19.3 Å². The molecule has 2 N–H and O–H groups in total. The second-order valence-corrected chi connectivity index (χ2v) is 6.30. The molecule has 7 heteroatoms. The van der Waals surface area contributed by atoms with Crippen molar-refractivity contribution in [2.45, 2.75) is 47.3 Å². The van der Waals surface area contributed by atoms with Crippen molar-refractivity contribution in [1.29, 1.82) is 0 Å². The Hall–Kier alpha value is -1.47. The summed E-state index contributed by atoms with van der Waals surface area (Å²) in [5.41, 5.74) is 1.03. The van der Waals surface area contributed by atoms with Crippen LogP contribution < -0.4 is 5.32 Å². The number of aliphatic hydroxyl groups excluding tert-OH is 1. The van der Waals surface area contributed by atoms with E-state index in [0.29, 0.717) is 17.9 Å². The van der Waals surface area contributed by atoms with Gasteiger partial charge in [-0.3, -0.25) is 14.8 Å². The first-order valence-corrected chi connectivity index (χ1v) is 6.69. The van der Waals surface area contributed by atoms with Crippen molar-refractivity contribution < 1.29 is 10.0 Å². The largest absolute Gasteiger partial charge is 0.390 e. The van der Waals surface area contributed by atoms with Gasteiger partial charge in [0.15, 0.2) is 0 Å². The van der Waals surface area contributed by atoms with E-state index in [2.05, 4.69) is 31.2 Å². The second kappa shape index (κ2) is 6.32. The van der Waals surface area contributed by atoms with Gasteiger partial charge in [-0.25, -0.2) is 0 Å². The molecule has 20 heavy (non-hydrogen) atoms. The zero-order valence-corrected chi connectivity index (χ0v) is 12.8. The zero-order valence-electron chi connectivity index (χ0n) is 12.8. The van der Waals surface area contributed by atoms with Crippen molar-refractivity contribution in [2.24, 2.45) is 5.41 Å². The Balaban J connectivity index is 2.61. The third-order valence-corrected chi connectivity index (χ3v) is 2.94. The van der Waals surface area contributed by atoms with Crippen LogP contribution in [0.1, 0.15) is 32.2 Å². The number of hydrogen-bond donors (Lipinski definition) is 2. The molecule has 114 valence electrons. The molecule has 1 rings (SSSR count). The van der Waals surface area contributed by atoms with Crippen LogP contribution in [0.2, 0.25) is 0 Å². The number of aromatic nitrogens is 2. The van der Waals surface area contributed by atoms with Crippen LogP contribution in [0.25, 0.3) is 0 Å². The van der Waals surface area contributed by atoms with Crippen molar-refractivity contribution in [3.63, 3.8) is 0 Å². The van der Waals surface area contributed by atoms with Gasteiger partial charge in [-0.15, -0.1) is 0 Å². The fourth-order valence-electron chi connectivity index (χ4n) is 2.01. The second-order valence-electron chi connectivity index (χ2n) is 6.30. The van der Waals surface area contributed by atoms with E-state index >= 15 is 0 Å². The highest BCUT2D eigenvalue weighted by atomic mass is 16.6. The maximum atomic E-state index is 10.9. The van der Waals surface area contributed by atoms with E-state index in [4.69, 9.17) is 0 Å². The van der Waals surface area contributed by atoms with Crippen molar-refractivity contribution >= 4 is 5.69 Å². The number of aryl methyl sites for hydroxylation is 1. The minimum Gasteiger partial charge on any atom is -0.390 e. The predicted octanol–water partition coefficient (Wildman–Crippen LogP) is 1.40. The summed E-state index contributed by atoms with van der Waals surface area (Å²) >= 11 is 0. The van der Waals surface area contributed by atoms with Crippen LogP contribution in [0, 0.1) is 29.4 Å². The van der Waals surface area contributed by atoms with Crippen LogP contribution in [0.4, 0.5) is 5.69 Å². The summed E-state index contributed by atoms with van der Waals surface area (Å²) in [4.78, 5) is 10.5. The standard InChI is InChI=1S/C13H24N4O3/c1-9-12(17(19)20)10(2)16(15-9)7-11(18)6-14-8-13(3,4)5/h11,14,18H,6-8H2,1-5H3. The minimum atomic E-state index is -0.630. The molecule has 1 unspecified atom stereocenters. The van der Waals surface area contributed by atoms with Gasteiger partial charge in [-0.2, -0.15) is 5.10 Å². The average Bonchev–Trinajstić information content (AvgIpc) is 2.51. The van der Waals surface area contributed by atoms with E-state index in [9.17, 15) is 15.2 Å². The van der Waals surface area contributed by atoms with Gasteiger partial charge in [0.2, 0.25) is 0 Å². The quantitative estimate of drug-likeness (QED) is 0.608. The van der Waals surface area contributed by atoms with Gasteiger partial charge in [0, 0.05) is 13.1 Å². The molecule has 1 aromatic heterocycles. The molecule has 0 aliphatic carbocycles. The molecule has 0 saturated heterocycles. The van der Waals surface area contributed by atoms with Gasteiger partial charge in [0.25, 0.3) is 0 Å². The van der Waals surface area contributed by atoms with E-state index in [-0.39, 0.29) is 17.6 Å². The Bertz CT molecular complexity index is 477. The van der Waals surface area contributed by atoms with Crippen LogP contribution in [-0.2, 0) is 6.54 Å². The van der Waals surface area contributed by atoms with Crippen molar-refractivity contribution in [1.82, 2.24) is 15.1 Å². The molecule has 0 spiro atoms. The highest BCUT2D eigenvalue weighted by Gasteiger charge is 2.22. The number of nitrogens with zero attached hydrogens (tertiary/aromatic N) is 3. The van der Waals surface area contributed by atoms with E-state index in [0.717, 1.165) is 6.54 Å². The minimum absolute atomic E-state index is 0.0276. The summed E-state index contributed by atoms with van der Waals surface area (Å²) in [6, 6.07) is 0. The monoisotopic (exact) mass is 284 g/mol. The molecule has 1 heterocycles. The van der Waals surface area contributed by atoms with Crippen molar-refractivity contribution in [2.75, 3.05) is 13.1 Å². The van der Waals surface area contributed by atoms with Gasteiger partial charge >= 0.3 is 5.69 Å². The lowest BCUT2D eigenvalue weighted by Gasteiger charge is -2.20. The highest BCUT2D eigenvalue weighted by molar-refractivity contribution is 5.39. The van der Waals surface area contributed by atoms with Gasteiger partial charge in [-0.1, -0.05) is 20.8 Å². The lowest BCUT2D eigenvalue weighted by molar-refractivity contribution is -0.386. The van der Waals surface area contributed by atoms with Crippen molar-refractivity contribution in [3.05, 3.63) is 21.5 Å². The molecule has 0 amide bonds. The van der Waals surface area contributed by atoms with E-state index in [1.165, 1.54) is 4.68 Å². The average molecular weight is 284 g/mol. The van der Waals surface area contributed by atoms with E-state index in [1.54, 1.807) is 13.8 Å². The lowest BCUT2D eigenvalue weighted by atomic mass is 9.97. The fourth-order valence-corrected chi connectivity index (χ4v) is 2.01. The van der Waals surface area contributed by atoms with Gasteiger partial charge in [0.1, 0.15) is 11.4 Å². The Morgan fingerprint density at radius 3 is 2.50 bits per heavy atom. The van der Waals surface area contributed by atoms with E-state index in [1.807, 2.05) is 0 Å². The zero-order chi connectivity index (χ0) is 15.5. The maximum Gasteiger partial charge on any atom is 0.312 e. The molecular formula is C13H24N4O3. The smallest absolute Gasteiger partial charge is 0.312 e. The van der Waals surface area contributed by atoms with Gasteiger partial charge in [0.05, 0.1) is 17.6 Å². The summed E-state index contributed by atoms with van der Waals surface area (Å²) in [6.07, 6.45) is -0.630. The number of aliphatic hydroxyl groups is 1. The molecule has 0 bridgehead atoms. The highest BCUT2D eigenvalue weighted by Crippen LogP contribution is 2.21. The van der Waals surface area contributed by atoms with Crippen LogP contribution in [-0.4, -0.2) is 39.0 Å². The van der Waals surface area contributed by atoms with Crippen LogP contribution >= 0.6 is 0 Å². The summed E-state index contributed by atoms with van der Waals surface area (Å²) in [5, 5.41) is 28.2. The number of rotatable bonds is 6.